The minimum atomic E-state index is -0.475. The van der Waals surface area contributed by atoms with Gasteiger partial charge in [0.2, 0.25) is 5.76 Å². The maximum atomic E-state index is 13.5. The molecule has 33 heavy (non-hydrogen) atoms. The topological polar surface area (TPSA) is 59.8 Å². The molecule has 1 amide bonds. The molecule has 0 bridgehead atoms. The van der Waals surface area contributed by atoms with E-state index < -0.39 is 6.04 Å². The zero-order valence-corrected chi connectivity index (χ0v) is 18.7. The van der Waals surface area contributed by atoms with Crippen molar-refractivity contribution in [2.24, 2.45) is 0 Å². The van der Waals surface area contributed by atoms with E-state index in [2.05, 4.69) is 19.1 Å². The van der Waals surface area contributed by atoms with Crippen LogP contribution in [0.5, 0.6) is 5.75 Å². The molecule has 0 aliphatic carbocycles. The number of rotatable bonds is 6. The Bertz CT molecular complexity index is 1370. The fraction of sp³-hybridized carbons (Fsp3) is 0.214. The second kappa shape index (κ2) is 8.58. The maximum absolute atomic E-state index is 13.5. The van der Waals surface area contributed by atoms with Crippen molar-refractivity contribution in [1.82, 2.24) is 4.90 Å². The normalized spacial score (nSPS) is 15.2. The molecule has 0 unspecified atom stereocenters. The van der Waals surface area contributed by atoms with Gasteiger partial charge in [-0.1, -0.05) is 55.5 Å². The van der Waals surface area contributed by atoms with Crippen LogP contribution in [0.2, 0.25) is 0 Å². The molecule has 4 aromatic rings. The average molecular weight is 440 g/mol. The second-order valence-corrected chi connectivity index (χ2v) is 8.26. The number of methoxy groups -OCH3 is 1. The number of hydrogen-bond acceptors (Lipinski definition) is 4. The third-order valence-electron chi connectivity index (χ3n) is 6.38. The summed E-state index contributed by atoms with van der Waals surface area (Å²) >= 11 is 0. The summed E-state index contributed by atoms with van der Waals surface area (Å²) in [6.45, 7) is 2.57. The quantitative estimate of drug-likeness (QED) is 0.417. The van der Waals surface area contributed by atoms with Crippen LogP contribution in [0.15, 0.2) is 82.0 Å². The highest BCUT2D eigenvalue weighted by Gasteiger charge is 2.42. The zero-order chi connectivity index (χ0) is 22.9. The summed E-state index contributed by atoms with van der Waals surface area (Å²) in [5.41, 5.74) is 3.93. The van der Waals surface area contributed by atoms with E-state index in [1.807, 2.05) is 42.5 Å². The van der Waals surface area contributed by atoms with E-state index in [9.17, 15) is 9.59 Å². The van der Waals surface area contributed by atoms with Crippen molar-refractivity contribution in [3.8, 4) is 5.75 Å². The fourth-order valence-electron chi connectivity index (χ4n) is 4.52. The van der Waals surface area contributed by atoms with Crippen LogP contribution in [0.25, 0.3) is 11.0 Å². The molecular formula is C28H25NO4. The Morgan fingerprint density at radius 1 is 0.909 bits per heavy atom. The Morgan fingerprint density at radius 2 is 1.61 bits per heavy atom. The summed E-state index contributed by atoms with van der Waals surface area (Å²) in [7, 11) is 1.64. The predicted octanol–water partition coefficient (Wildman–Crippen LogP) is 5.15. The number of benzene rings is 3. The monoisotopic (exact) mass is 439 g/mol. The van der Waals surface area contributed by atoms with Gasteiger partial charge in [-0.3, -0.25) is 9.59 Å². The first-order valence-corrected chi connectivity index (χ1v) is 11.2. The molecule has 0 saturated heterocycles. The highest BCUT2D eigenvalue weighted by molar-refractivity contribution is 5.99. The van der Waals surface area contributed by atoms with Crippen molar-refractivity contribution in [2.75, 3.05) is 13.7 Å². The number of amides is 1. The van der Waals surface area contributed by atoms with Crippen LogP contribution in [-0.2, 0) is 12.8 Å². The van der Waals surface area contributed by atoms with Gasteiger partial charge in [-0.2, -0.15) is 0 Å². The molecule has 166 valence electrons. The molecule has 0 N–H and O–H groups in total. The first-order valence-electron chi connectivity index (χ1n) is 11.2. The standard InChI is InChI=1S/C28H25NO4/c1-3-18-8-12-20(13-9-18)25-24-26(30)22-6-4-5-7-23(22)33-27(24)28(31)29(25)17-16-19-10-14-21(32-2)15-11-19/h4-15,25H,3,16-17H2,1-2H3/t25-/m1/s1. The van der Waals surface area contributed by atoms with E-state index >= 15 is 0 Å². The lowest BCUT2D eigenvalue weighted by Gasteiger charge is -2.25. The summed E-state index contributed by atoms with van der Waals surface area (Å²) in [5, 5.41) is 0.497. The van der Waals surface area contributed by atoms with Gasteiger partial charge in [0, 0.05) is 6.54 Å². The largest absolute Gasteiger partial charge is 0.497 e. The van der Waals surface area contributed by atoms with Crippen LogP contribution in [-0.4, -0.2) is 24.5 Å². The number of ether oxygens (including phenoxy) is 1. The molecule has 5 nitrogen and oxygen atoms in total. The Hall–Kier alpha value is -3.86. The van der Waals surface area contributed by atoms with Gasteiger partial charge in [-0.05, 0) is 53.8 Å². The van der Waals surface area contributed by atoms with Crippen LogP contribution in [0.1, 0.15) is 45.8 Å². The third kappa shape index (κ3) is 3.69. The number of aryl methyl sites for hydroxylation is 1. The van der Waals surface area contributed by atoms with Crippen molar-refractivity contribution in [1.29, 1.82) is 0 Å². The Labute approximate surface area is 192 Å². The molecular weight excluding hydrogens is 414 g/mol. The molecule has 1 aliphatic heterocycles. The summed E-state index contributed by atoms with van der Waals surface area (Å²) in [6, 6.07) is 22.6. The zero-order valence-electron chi connectivity index (χ0n) is 18.7. The van der Waals surface area contributed by atoms with Crippen LogP contribution in [0.3, 0.4) is 0 Å². The smallest absolute Gasteiger partial charge is 0.290 e. The van der Waals surface area contributed by atoms with Crippen LogP contribution < -0.4 is 10.2 Å². The van der Waals surface area contributed by atoms with E-state index in [0.29, 0.717) is 29.5 Å². The molecule has 0 radical (unpaired) electrons. The molecule has 3 aromatic carbocycles. The lowest BCUT2D eigenvalue weighted by atomic mass is 9.97. The van der Waals surface area contributed by atoms with E-state index in [1.54, 1.807) is 30.2 Å². The average Bonchev–Trinajstić information content (AvgIpc) is 3.15. The van der Waals surface area contributed by atoms with Crippen LogP contribution in [0.4, 0.5) is 0 Å². The SMILES string of the molecule is CCc1ccc([C@@H]2c3c(oc4ccccc4c3=O)C(=O)N2CCc2ccc(OC)cc2)cc1. The first-order chi connectivity index (χ1) is 16.1. The molecule has 1 atom stereocenters. The Kier molecular flexibility index (Phi) is 5.47. The van der Waals surface area contributed by atoms with Crippen molar-refractivity contribution in [3.63, 3.8) is 0 Å². The maximum Gasteiger partial charge on any atom is 0.290 e. The van der Waals surface area contributed by atoms with Crippen molar-refractivity contribution >= 4 is 16.9 Å². The first kappa shape index (κ1) is 21.0. The highest BCUT2D eigenvalue weighted by atomic mass is 16.5. The summed E-state index contributed by atoms with van der Waals surface area (Å²) in [4.78, 5) is 28.8. The summed E-state index contributed by atoms with van der Waals surface area (Å²) in [5.74, 6) is 0.697. The second-order valence-electron chi connectivity index (χ2n) is 8.26. The van der Waals surface area contributed by atoms with Crippen molar-refractivity contribution in [2.45, 2.75) is 25.8 Å². The van der Waals surface area contributed by atoms with E-state index in [1.165, 1.54) is 5.56 Å². The van der Waals surface area contributed by atoms with Gasteiger partial charge < -0.3 is 14.1 Å². The lowest BCUT2D eigenvalue weighted by Crippen LogP contribution is -2.31. The highest BCUT2D eigenvalue weighted by Crippen LogP contribution is 2.38. The van der Waals surface area contributed by atoms with Gasteiger partial charge in [0.25, 0.3) is 5.91 Å². The molecule has 0 fully saturated rings. The minimum Gasteiger partial charge on any atom is -0.497 e. The molecule has 2 heterocycles. The Morgan fingerprint density at radius 3 is 2.30 bits per heavy atom. The van der Waals surface area contributed by atoms with E-state index in [0.717, 1.165) is 23.3 Å². The number of fused-ring (bicyclic) bond motifs is 2. The van der Waals surface area contributed by atoms with Gasteiger partial charge in [-0.15, -0.1) is 0 Å². The van der Waals surface area contributed by atoms with Crippen LogP contribution in [0, 0.1) is 0 Å². The molecule has 1 aliphatic rings. The number of hydrogen-bond donors (Lipinski definition) is 0. The third-order valence-corrected chi connectivity index (χ3v) is 6.38. The van der Waals surface area contributed by atoms with Gasteiger partial charge in [0.1, 0.15) is 11.3 Å². The molecule has 5 rings (SSSR count). The summed E-state index contributed by atoms with van der Waals surface area (Å²) < 4.78 is 11.2. The van der Waals surface area contributed by atoms with Gasteiger partial charge in [0.15, 0.2) is 5.43 Å². The van der Waals surface area contributed by atoms with Crippen molar-refractivity contribution in [3.05, 3.63) is 111 Å². The van der Waals surface area contributed by atoms with Gasteiger partial charge >= 0.3 is 0 Å². The van der Waals surface area contributed by atoms with E-state index in [4.69, 9.17) is 9.15 Å². The molecule has 1 aromatic heterocycles. The van der Waals surface area contributed by atoms with Crippen molar-refractivity contribution < 1.29 is 13.9 Å². The van der Waals surface area contributed by atoms with Gasteiger partial charge in [0.05, 0.1) is 24.1 Å². The van der Waals surface area contributed by atoms with Gasteiger partial charge in [-0.25, -0.2) is 0 Å². The molecule has 0 saturated carbocycles. The molecule has 0 spiro atoms. The predicted molar refractivity (Wildman–Crippen MR) is 128 cm³/mol. The number of carbonyl (C=O) groups excluding carboxylic acids is 1. The Balaban J connectivity index is 1.58. The fourth-order valence-corrected chi connectivity index (χ4v) is 4.52. The number of carbonyl (C=O) groups is 1. The summed E-state index contributed by atoms with van der Waals surface area (Å²) in [6.07, 6.45) is 1.58. The van der Waals surface area contributed by atoms with Crippen LogP contribution >= 0.6 is 0 Å². The number of nitrogens with zero attached hydrogens (tertiary/aromatic N) is 1. The lowest BCUT2D eigenvalue weighted by molar-refractivity contribution is 0.0730. The number of para-hydroxylation sites is 1. The molecule has 5 heteroatoms. The van der Waals surface area contributed by atoms with E-state index in [-0.39, 0.29) is 17.1 Å². The minimum absolute atomic E-state index is 0.142.